The lowest BCUT2D eigenvalue weighted by Gasteiger charge is -2.23. The third-order valence-corrected chi connectivity index (χ3v) is 5.43. The molecule has 0 unspecified atom stereocenters. The third-order valence-electron chi connectivity index (χ3n) is 5.43. The quantitative estimate of drug-likeness (QED) is 0.139. The van der Waals surface area contributed by atoms with E-state index in [9.17, 15) is 24.6 Å². The molecule has 220 valence electrons. The fraction of sp³-hybridized carbons (Fsp3) is 0.393. The maximum atomic E-state index is 12.5. The van der Waals surface area contributed by atoms with Crippen molar-refractivity contribution in [1.82, 2.24) is 10.6 Å². The van der Waals surface area contributed by atoms with E-state index >= 15 is 0 Å². The van der Waals surface area contributed by atoms with E-state index in [-0.39, 0.29) is 39.0 Å². The number of aliphatic hydroxyl groups is 4. The minimum absolute atomic E-state index is 0.0137. The number of benzene rings is 2. The molecule has 12 nitrogen and oxygen atoms in total. The van der Waals surface area contributed by atoms with Gasteiger partial charge in [-0.3, -0.25) is 9.59 Å². The van der Waals surface area contributed by atoms with Crippen molar-refractivity contribution in [2.75, 3.05) is 17.7 Å². The summed E-state index contributed by atoms with van der Waals surface area (Å²) in [6, 6.07) is 8.05. The van der Waals surface area contributed by atoms with E-state index in [0.717, 1.165) is 11.1 Å². The van der Waals surface area contributed by atoms with Gasteiger partial charge in [-0.15, -0.1) is 0 Å². The highest BCUT2D eigenvalue weighted by Gasteiger charge is 2.27. The lowest BCUT2D eigenvalue weighted by molar-refractivity contribution is -0.128. The Balaban J connectivity index is 0.000000603. The van der Waals surface area contributed by atoms with Crippen LogP contribution in [0.1, 0.15) is 43.0 Å². The molecular weight excluding hydrogens is 520 g/mol. The Morgan fingerprint density at radius 1 is 0.825 bits per heavy atom. The number of alkyl carbamates (subject to hydrolysis) is 1. The molecule has 2 aromatic carbocycles. The highest BCUT2D eigenvalue weighted by Crippen LogP contribution is 2.16. The van der Waals surface area contributed by atoms with E-state index in [1.165, 1.54) is 13.0 Å². The van der Waals surface area contributed by atoms with Crippen LogP contribution in [0.3, 0.4) is 0 Å². The van der Waals surface area contributed by atoms with Gasteiger partial charge in [-0.05, 0) is 59.4 Å². The van der Waals surface area contributed by atoms with Gasteiger partial charge >= 0.3 is 6.09 Å². The molecule has 0 aliphatic rings. The van der Waals surface area contributed by atoms with Crippen LogP contribution >= 0.6 is 0 Å². The van der Waals surface area contributed by atoms with Crippen molar-refractivity contribution in [1.29, 1.82) is 0 Å². The lowest BCUT2D eigenvalue weighted by atomic mass is 10.0. The molecule has 0 bridgehead atoms. The maximum Gasteiger partial charge on any atom is 0.408 e. The van der Waals surface area contributed by atoms with E-state index in [0.29, 0.717) is 22.5 Å². The molecule has 2 atom stereocenters. The molecule has 2 aromatic rings. The van der Waals surface area contributed by atoms with Crippen molar-refractivity contribution in [3.63, 3.8) is 0 Å². The number of carbonyl (C=O) groups excluding carboxylic acids is 3. The predicted molar refractivity (Wildman–Crippen MR) is 151 cm³/mol. The first kappa shape index (κ1) is 34.1. The highest BCUT2D eigenvalue weighted by molar-refractivity contribution is 5.98. The summed E-state index contributed by atoms with van der Waals surface area (Å²) in [5, 5.41) is 43.7. The monoisotopic (exact) mass is 560 g/mol. The van der Waals surface area contributed by atoms with Crippen molar-refractivity contribution in [2.45, 2.75) is 59.3 Å². The van der Waals surface area contributed by atoms with Crippen molar-refractivity contribution >= 4 is 29.3 Å². The second-order valence-electron chi connectivity index (χ2n) is 9.23. The number of nitrogens with two attached hydrogens (primary N) is 1. The number of carbonyl (C=O) groups is 3. The Labute approximate surface area is 233 Å². The number of amides is 3. The van der Waals surface area contributed by atoms with Crippen LogP contribution < -0.4 is 21.7 Å². The first-order valence-electron chi connectivity index (χ1n) is 12.6. The fourth-order valence-electron chi connectivity index (χ4n) is 3.45. The molecule has 0 fully saturated rings. The highest BCUT2D eigenvalue weighted by atomic mass is 16.5. The SMILES string of the molecule is C=CCOC(=O)N[C@H](C(=O)N[C@@H](C)C(=O)Nc1cc(CO)cc(CO)c1)C(C)C.Nc1cc(CO)cc(CO)c1. The normalized spacial score (nSPS) is 11.9. The van der Waals surface area contributed by atoms with Gasteiger partial charge in [-0.25, -0.2) is 4.79 Å². The summed E-state index contributed by atoms with van der Waals surface area (Å²) in [7, 11) is 0. The Bertz CT molecular complexity index is 1090. The number of ether oxygens (including phenoxy) is 1. The molecule has 40 heavy (non-hydrogen) atoms. The van der Waals surface area contributed by atoms with Crippen molar-refractivity contribution < 1.29 is 39.5 Å². The molecular formula is C28H40N4O8. The summed E-state index contributed by atoms with van der Waals surface area (Å²) in [6.45, 7) is 7.88. The summed E-state index contributed by atoms with van der Waals surface area (Å²) in [4.78, 5) is 36.7. The molecule has 0 heterocycles. The molecule has 0 spiro atoms. The van der Waals surface area contributed by atoms with Gasteiger partial charge in [-0.1, -0.05) is 38.6 Å². The first-order valence-corrected chi connectivity index (χ1v) is 12.6. The van der Waals surface area contributed by atoms with Crippen molar-refractivity contribution in [3.05, 3.63) is 71.3 Å². The Hall–Kier alpha value is -3.97. The molecule has 0 saturated carbocycles. The van der Waals surface area contributed by atoms with Gasteiger partial charge in [0.15, 0.2) is 0 Å². The summed E-state index contributed by atoms with van der Waals surface area (Å²) in [5.41, 5.74) is 8.97. The number of aliphatic hydroxyl groups excluding tert-OH is 4. The van der Waals surface area contributed by atoms with E-state index in [1.54, 1.807) is 50.2 Å². The van der Waals surface area contributed by atoms with Crippen LogP contribution in [0, 0.1) is 5.92 Å². The Morgan fingerprint density at radius 2 is 1.30 bits per heavy atom. The van der Waals surface area contributed by atoms with Gasteiger partial charge in [0, 0.05) is 11.4 Å². The van der Waals surface area contributed by atoms with Gasteiger partial charge in [-0.2, -0.15) is 0 Å². The maximum absolute atomic E-state index is 12.5. The van der Waals surface area contributed by atoms with Crippen LogP contribution in [0.15, 0.2) is 49.1 Å². The lowest BCUT2D eigenvalue weighted by Crippen LogP contribution is -2.53. The van der Waals surface area contributed by atoms with Crippen LogP contribution in [0.25, 0.3) is 0 Å². The molecule has 3 amide bonds. The Morgan fingerprint density at radius 3 is 1.73 bits per heavy atom. The molecule has 2 rings (SSSR count). The number of nitrogens with one attached hydrogen (secondary N) is 3. The largest absolute Gasteiger partial charge is 0.445 e. The number of hydrogen-bond acceptors (Lipinski definition) is 9. The second-order valence-corrected chi connectivity index (χ2v) is 9.23. The summed E-state index contributed by atoms with van der Waals surface area (Å²) in [6.07, 6.45) is 0.651. The summed E-state index contributed by atoms with van der Waals surface area (Å²) < 4.78 is 4.83. The third kappa shape index (κ3) is 11.8. The number of anilines is 2. The summed E-state index contributed by atoms with van der Waals surface area (Å²) in [5.74, 6) is -1.26. The van der Waals surface area contributed by atoms with E-state index in [2.05, 4.69) is 22.5 Å². The minimum atomic E-state index is -0.898. The Kier molecular flexibility index (Phi) is 15.0. The molecule has 0 aliphatic heterocycles. The predicted octanol–water partition coefficient (Wildman–Crippen LogP) is 1.30. The van der Waals surface area contributed by atoms with Gasteiger partial charge in [0.25, 0.3) is 0 Å². The van der Waals surface area contributed by atoms with Crippen molar-refractivity contribution in [3.8, 4) is 0 Å². The van der Waals surface area contributed by atoms with Crippen LogP contribution in [-0.2, 0) is 40.8 Å². The van der Waals surface area contributed by atoms with Crippen LogP contribution in [0.5, 0.6) is 0 Å². The fourth-order valence-corrected chi connectivity index (χ4v) is 3.45. The average molecular weight is 561 g/mol. The zero-order valence-corrected chi connectivity index (χ0v) is 23.0. The van der Waals surface area contributed by atoms with Gasteiger partial charge in [0.2, 0.25) is 11.8 Å². The second kappa shape index (κ2) is 17.6. The molecule has 0 radical (unpaired) electrons. The summed E-state index contributed by atoms with van der Waals surface area (Å²) >= 11 is 0. The average Bonchev–Trinajstić information content (AvgIpc) is 2.93. The molecule has 0 aliphatic carbocycles. The smallest absolute Gasteiger partial charge is 0.408 e. The molecule has 12 heteroatoms. The topological polar surface area (TPSA) is 203 Å². The molecule has 0 aromatic heterocycles. The number of rotatable bonds is 12. The molecule has 9 N–H and O–H groups in total. The van der Waals surface area contributed by atoms with Crippen LogP contribution in [0.2, 0.25) is 0 Å². The zero-order chi connectivity index (χ0) is 30.2. The van der Waals surface area contributed by atoms with E-state index in [4.69, 9.17) is 20.7 Å². The van der Waals surface area contributed by atoms with Gasteiger partial charge in [0.05, 0.1) is 26.4 Å². The van der Waals surface area contributed by atoms with Crippen LogP contribution in [-0.4, -0.2) is 57.0 Å². The van der Waals surface area contributed by atoms with Crippen molar-refractivity contribution in [2.24, 2.45) is 5.92 Å². The van der Waals surface area contributed by atoms with Crippen LogP contribution in [0.4, 0.5) is 16.2 Å². The minimum Gasteiger partial charge on any atom is -0.445 e. The molecule has 0 saturated heterocycles. The number of hydrogen-bond donors (Lipinski definition) is 8. The van der Waals surface area contributed by atoms with E-state index < -0.39 is 30.0 Å². The van der Waals surface area contributed by atoms with E-state index in [1.807, 2.05) is 0 Å². The standard InChI is InChI=1S/C20H29N3O6.C8H11NO2/c1-5-6-29-20(28)23-17(12(2)3)19(27)21-13(4)18(26)22-16-8-14(10-24)7-15(9-16)11-25;9-8-2-6(4-10)1-7(3-8)5-11/h5,7-9,12-13,17,24-25H,1,6,10-11H2,2-4H3,(H,21,27)(H,22,26)(H,23,28);1-3,10-11H,4-5,9H2/t13-,17-;/m0./s1. The van der Waals surface area contributed by atoms with Gasteiger partial charge in [0.1, 0.15) is 18.7 Å². The first-order chi connectivity index (χ1) is 19.0. The number of nitrogen functional groups attached to an aromatic ring is 1. The van der Waals surface area contributed by atoms with Gasteiger partial charge < -0.3 is 46.8 Å². The zero-order valence-electron chi connectivity index (χ0n) is 23.0.